The normalized spacial score (nSPS) is 14.7. The second kappa shape index (κ2) is 11.4. The minimum absolute atomic E-state index is 0.0394. The van der Waals surface area contributed by atoms with E-state index in [9.17, 15) is 15.3 Å². The molecule has 0 spiro atoms. The molecule has 2 N–H and O–H groups in total. The Bertz CT molecular complexity index is 1740. The fourth-order valence-corrected chi connectivity index (χ4v) is 5.72. The van der Waals surface area contributed by atoms with E-state index in [2.05, 4.69) is 12.1 Å². The Balaban J connectivity index is 2.04. The molecule has 0 radical (unpaired) electrons. The topological polar surface area (TPSA) is 151 Å². The Morgan fingerprint density at radius 1 is 0.800 bits per heavy atom. The zero-order chi connectivity index (χ0) is 29.1. The molecule has 0 saturated heterocycles. The third-order valence-electron chi connectivity index (χ3n) is 6.39. The highest BCUT2D eigenvalue weighted by atomic mass is 32.1. The minimum Gasteiger partial charge on any atom is -0.493 e. The predicted molar refractivity (Wildman–Crippen MR) is 148 cm³/mol. The van der Waals surface area contributed by atoms with Crippen LogP contribution in [0.4, 0.5) is 0 Å². The van der Waals surface area contributed by atoms with Gasteiger partial charge in [-0.1, -0.05) is 0 Å². The molecule has 1 atom stereocenters. The Labute approximate surface area is 233 Å². The highest BCUT2D eigenvalue weighted by Gasteiger charge is 2.33. The van der Waals surface area contributed by atoms with Gasteiger partial charge in [-0.2, -0.15) is 10.5 Å². The van der Waals surface area contributed by atoms with E-state index in [4.69, 9.17) is 34.2 Å². The van der Waals surface area contributed by atoms with Gasteiger partial charge in [0.15, 0.2) is 23.0 Å². The molecule has 40 heavy (non-hydrogen) atoms. The molecule has 0 amide bonds. The van der Waals surface area contributed by atoms with Crippen molar-refractivity contribution in [1.82, 2.24) is 4.57 Å². The van der Waals surface area contributed by atoms with Crippen molar-refractivity contribution in [1.29, 1.82) is 10.5 Å². The van der Waals surface area contributed by atoms with Crippen molar-refractivity contribution in [3.8, 4) is 46.6 Å². The van der Waals surface area contributed by atoms with Crippen LogP contribution in [0.15, 0.2) is 34.6 Å². The second-order valence-corrected chi connectivity index (χ2v) is 9.37. The van der Waals surface area contributed by atoms with Crippen LogP contribution in [-0.2, 0) is 0 Å². The van der Waals surface area contributed by atoms with Crippen LogP contribution in [0.2, 0.25) is 0 Å². The first-order valence-electron chi connectivity index (χ1n) is 11.7. The Morgan fingerprint density at radius 3 is 1.70 bits per heavy atom. The summed E-state index contributed by atoms with van der Waals surface area (Å²) >= 11 is 1.08. The predicted octanol–water partition coefficient (Wildman–Crippen LogP) is 1.91. The van der Waals surface area contributed by atoms with Gasteiger partial charge in [0.1, 0.15) is 10.5 Å². The summed E-state index contributed by atoms with van der Waals surface area (Å²) in [5, 5.41) is 20.4. The van der Waals surface area contributed by atoms with E-state index in [1.165, 1.54) is 47.2 Å². The molecule has 12 heteroatoms. The van der Waals surface area contributed by atoms with E-state index in [1.807, 2.05) is 0 Å². The standard InChI is InChI=1S/C28H26N4O7S/c1-34-18-7-14(8-19(35-2)24(18)38-5)9-22-27(33)32-26(31)16(12-29)23(17(13-30)28(32)40-22)15-10-20(36-3)25(39-6)21(11-15)37-4/h7-11,23H,31H2,1-6H3/b22-9-. The average molecular weight is 563 g/mol. The fraction of sp³-hybridized carbons (Fsp3) is 0.250. The molecule has 0 fully saturated rings. The van der Waals surface area contributed by atoms with Gasteiger partial charge in [-0.25, -0.2) is 0 Å². The Morgan fingerprint density at radius 2 is 1.27 bits per heavy atom. The summed E-state index contributed by atoms with van der Waals surface area (Å²) in [5.41, 5.74) is 7.26. The van der Waals surface area contributed by atoms with Crippen LogP contribution in [0.3, 0.4) is 0 Å². The smallest absolute Gasteiger partial charge is 0.274 e. The molecule has 206 valence electrons. The highest BCUT2D eigenvalue weighted by Crippen LogP contribution is 2.44. The molecular formula is C28H26N4O7S. The number of nitrogens with zero attached hydrogens (tertiary/aromatic N) is 3. The summed E-state index contributed by atoms with van der Waals surface area (Å²) in [6, 6.07) is 11.0. The van der Waals surface area contributed by atoms with Crippen molar-refractivity contribution in [2.45, 2.75) is 5.92 Å². The number of nitrogens with two attached hydrogens (primary N) is 1. The molecule has 1 aromatic heterocycles. The lowest BCUT2D eigenvalue weighted by Crippen LogP contribution is -2.38. The number of ether oxygens (including phenoxy) is 6. The first-order chi connectivity index (χ1) is 19.3. The number of benzene rings is 2. The molecule has 11 nitrogen and oxygen atoms in total. The minimum atomic E-state index is -0.879. The van der Waals surface area contributed by atoms with Gasteiger partial charge in [0, 0.05) is 0 Å². The van der Waals surface area contributed by atoms with E-state index in [1.54, 1.807) is 30.3 Å². The number of aromatic nitrogens is 1. The van der Waals surface area contributed by atoms with Gasteiger partial charge in [-0.15, -0.1) is 11.3 Å². The van der Waals surface area contributed by atoms with Gasteiger partial charge in [-0.05, 0) is 41.5 Å². The molecule has 3 aromatic rings. The molecule has 2 aromatic carbocycles. The van der Waals surface area contributed by atoms with E-state index in [-0.39, 0.29) is 21.5 Å². The van der Waals surface area contributed by atoms with Gasteiger partial charge < -0.3 is 34.2 Å². The number of thiazole rings is 1. The van der Waals surface area contributed by atoms with Crippen LogP contribution in [-0.4, -0.2) is 47.2 Å². The highest BCUT2D eigenvalue weighted by molar-refractivity contribution is 7.07. The van der Waals surface area contributed by atoms with Crippen LogP contribution in [0.5, 0.6) is 34.5 Å². The maximum absolute atomic E-state index is 13.6. The lowest BCUT2D eigenvalue weighted by Gasteiger charge is -2.24. The van der Waals surface area contributed by atoms with Crippen LogP contribution in [0.25, 0.3) is 17.5 Å². The quantitative estimate of drug-likeness (QED) is 0.431. The molecule has 0 aliphatic carbocycles. The van der Waals surface area contributed by atoms with Crippen molar-refractivity contribution in [3.63, 3.8) is 0 Å². The number of rotatable bonds is 8. The molecule has 1 aliphatic rings. The lowest BCUT2D eigenvalue weighted by molar-refractivity contribution is 0.324. The summed E-state index contributed by atoms with van der Waals surface area (Å²) in [6.07, 6.45) is 1.63. The lowest BCUT2D eigenvalue weighted by atomic mass is 9.84. The van der Waals surface area contributed by atoms with Gasteiger partial charge >= 0.3 is 0 Å². The Hall–Kier alpha value is -5.07. The van der Waals surface area contributed by atoms with Crippen molar-refractivity contribution < 1.29 is 28.4 Å². The number of hydrogen-bond donors (Lipinski definition) is 1. The van der Waals surface area contributed by atoms with Crippen LogP contribution in [0, 0.1) is 22.7 Å². The zero-order valence-corrected chi connectivity index (χ0v) is 23.5. The van der Waals surface area contributed by atoms with Crippen molar-refractivity contribution in [2.24, 2.45) is 5.73 Å². The summed E-state index contributed by atoms with van der Waals surface area (Å²) in [6.45, 7) is 0. The monoisotopic (exact) mass is 562 g/mol. The summed E-state index contributed by atoms with van der Waals surface area (Å²) in [7, 11) is 8.89. The summed E-state index contributed by atoms with van der Waals surface area (Å²) in [4.78, 5) is 13.6. The summed E-state index contributed by atoms with van der Waals surface area (Å²) < 4.78 is 34.4. The maximum Gasteiger partial charge on any atom is 0.274 e. The Kier molecular flexibility index (Phi) is 7.93. The maximum atomic E-state index is 13.6. The van der Waals surface area contributed by atoms with Gasteiger partial charge in [-0.3, -0.25) is 9.36 Å². The zero-order valence-electron chi connectivity index (χ0n) is 22.6. The molecule has 1 aliphatic heterocycles. The SMILES string of the molecule is COc1cc(/C=c2\sc3n(c2=O)C(N)=C(C#N)C(c2cc(OC)c(OC)c(OC)c2)C=3C#N)cc(OC)c1OC. The molecule has 2 heterocycles. The second-order valence-electron chi connectivity index (χ2n) is 8.34. The summed E-state index contributed by atoms with van der Waals surface area (Å²) in [5.74, 6) is 1.32. The number of methoxy groups -OCH3 is 6. The number of nitriles is 2. The molecule has 0 saturated carbocycles. The third kappa shape index (κ3) is 4.44. The largest absolute Gasteiger partial charge is 0.493 e. The van der Waals surface area contributed by atoms with Crippen LogP contribution in [0.1, 0.15) is 17.0 Å². The first kappa shape index (κ1) is 28.0. The molecular weight excluding hydrogens is 536 g/mol. The third-order valence-corrected chi connectivity index (χ3v) is 7.50. The van der Waals surface area contributed by atoms with E-state index in [0.717, 1.165) is 11.3 Å². The van der Waals surface area contributed by atoms with Crippen molar-refractivity contribution in [2.75, 3.05) is 42.7 Å². The fourth-order valence-electron chi connectivity index (χ4n) is 4.59. The van der Waals surface area contributed by atoms with Gasteiger partial charge in [0.25, 0.3) is 5.56 Å². The van der Waals surface area contributed by atoms with E-state index < -0.39 is 11.5 Å². The van der Waals surface area contributed by atoms with Gasteiger partial charge in [0.2, 0.25) is 11.5 Å². The average Bonchev–Trinajstić information content (AvgIpc) is 3.30. The van der Waals surface area contributed by atoms with E-state index >= 15 is 0 Å². The first-order valence-corrected chi connectivity index (χ1v) is 12.5. The van der Waals surface area contributed by atoms with Crippen LogP contribution < -0.4 is 48.9 Å². The van der Waals surface area contributed by atoms with Crippen LogP contribution >= 0.6 is 11.3 Å². The molecule has 0 bridgehead atoms. The van der Waals surface area contributed by atoms with Crippen molar-refractivity contribution in [3.05, 3.63) is 60.5 Å². The number of allylic oxidation sites excluding steroid dienone is 1. The number of fused-ring (bicyclic) bond motifs is 1. The van der Waals surface area contributed by atoms with Gasteiger partial charge in [0.05, 0.1) is 76.4 Å². The molecule has 4 rings (SSSR count). The van der Waals surface area contributed by atoms with E-state index in [0.29, 0.717) is 50.3 Å². The number of hydrogen-bond acceptors (Lipinski definition) is 11. The van der Waals surface area contributed by atoms with Crippen molar-refractivity contribution >= 4 is 28.8 Å². The molecule has 1 unspecified atom stereocenters.